The Balaban J connectivity index is 1.69. The van der Waals surface area contributed by atoms with Gasteiger partial charge < -0.3 is 60.8 Å². The third-order valence-electron chi connectivity index (χ3n) is 14.0. The van der Waals surface area contributed by atoms with Crippen molar-refractivity contribution in [1.29, 1.82) is 0 Å². The van der Waals surface area contributed by atoms with Gasteiger partial charge in [-0.05, 0) is 88.5 Å². The zero-order chi connectivity index (χ0) is 55.6. The van der Waals surface area contributed by atoms with Gasteiger partial charge in [-0.1, -0.05) is 71.0 Å². The number of epoxide rings is 1. The smallest absolute Gasteiger partial charge is 0.245 e. The Hall–Kier alpha value is -6.68. The zero-order valence-electron chi connectivity index (χ0n) is 45.0. The summed E-state index contributed by atoms with van der Waals surface area (Å²) in [6.07, 6.45) is 5.40. The van der Waals surface area contributed by atoms with Gasteiger partial charge >= 0.3 is 0 Å². The van der Waals surface area contributed by atoms with E-state index in [-0.39, 0.29) is 62.0 Å². The van der Waals surface area contributed by atoms with Crippen LogP contribution in [0.3, 0.4) is 0 Å². The quantitative estimate of drug-likeness (QED) is 0.0337. The van der Waals surface area contributed by atoms with Crippen molar-refractivity contribution in [3.8, 4) is 5.75 Å². The summed E-state index contributed by atoms with van der Waals surface area (Å²) < 4.78 is 7.83. The second-order valence-corrected chi connectivity index (χ2v) is 21.4. The van der Waals surface area contributed by atoms with E-state index in [1.54, 1.807) is 26.0 Å². The van der Waals surface area contributed by atoms with Gasteiger partial charge in [0.15, 0.2) is 5.75 Å². The van der Waals surface area contributed by atoms with Crippen LogP contribution in [0.4, 0.5) is 5.69 Å². The standard InChI is InChI=1S/C54H77N9O12/c1-12-13-17-37-47(66)59-40(26-35-27-62(54(8,9)46-29-75-46)41-18-15-14-16-36(35)41)53(72)61(11)43(22-31(4)5)50(69)58-39(24-34-19-20-45(65)42(25-34)63(73)74)48(67)55-33(7)52(71)60(10)44(23-32(6)28-64)51(70)57-38(21-30(2)3)49(68)56-37/h12-16,18-20,25,27-28,30-33,37-40,43-44,46,63,65,73H,17,21-24,26,29H2,1-11H3,(H,55,67)(H,56,68)(H,57,70)(H,58,69)(H,59,66). The molecule has 0 spiro atoms. The van der Waals surface area contributed by atoms with Crippen LogP contribution >= 0.6 is 0 Å². The fourth-order valence-electron chi connectivity index (χ4n) is 9.50. The summed E-state index contributed by atoms with van der Waals surface area (Å²) in [5, 5.41) is 45.5. The summed E-state index contributed by atoms with van der Waals surface area (Å²) in [6.45, 7) is 16.7. The van der Waals surface area contributed by atoms with E-state index >= 15 is 4.79 Å². The molecule has 21 nitrogen and oxygen atoms in total. The van der Waals surface area contributed by atoms with Crippen molar-refractivity contribution in [2.45, 2.75) is 155 Å². The highest BCUT2D eigenvalue weighted by Crippen LogP contribution is 2.36. The molecular weight excluding hydrogens is 967 g/mol. The number of amides is 7. The molecule has 0 aliphatic carbocycles. The first kappa shape index (κ1) is 59.2. The van der Waals surface area contributed by atoms with Crippen LogP contribution in [0, 0.1) is 23.0 Å². The first-order valence-corrected chi connectivity index (χ1v) is 25.7. The van der Waals surface area contributed by atoms with E-state index in [0.29, 0.717) is 18.5 Å². The number of aromatic nitrogens is 1. The van der Waals surface area contributed by atoms with Crippen LogP contribution in [0.2, 0.25) is 0 Å². The Morgan fingerprint density at radius 2 is 1.32 bits per heavy atom. The number of nitrogens with one attached hydrogen (secondary N) is 6. The van der Waals surface area contributed by atoms with Crippen LogP contribution in [0.5, 0.6) is 5.75 Å². The molecule has 3 heterocycles. The number of rotatable bonds is 16. The number of aldehydes is 1. The lowest BCUT2D eigenvalue weighted by Gasteiger charge is -2.33. The third kappa shape index (κ3) is 15.0. The Morgan fingerprint density at radius 3 is 1.92 bits per heavy atom. The Labute approximate surface area is 438 Å². The Bertz CT molecular complexity index is 2590. The molecule has 75 heavy (non-hydrogen) atoms. The number of nitrogens with zero attached hydrogens (tertiary/aromatic N) is 3. The van der Waals surface area contributed by atoms with Crippen LogP contribution in [0.1, 0.15) is 99.1 Å². The first-order valence-electron chi connectivity index (χ1n) is 25.7. The molecule has 2 aliphatic heterocycles. The Morgan fingerprint density at radius 1 is 0.760 bits per heavy atom. The van der Waals surface area contributed by atoms with Gasteiger partial charge in [-0.3, -0.25) is 33.6 Å². The molecule has 2 saturated heterocycles. The number of hydrogen-bond donors (Lipinski definition) is 8. The number of likely N-dealkylation sites (N-methyl/N-ethyl adjacent to an activating group) is 2. The number of phenolic OH excluding ortho intramolecular Hbond substituents is 1. The second-order valence-electron chi connectivity index (χ2n) is 21.4. The molecule has 0 saturated carbocycles. The molecule has 410 valence electrons. The summed E-state index contributed by atoms with van der Waals surface area (Å²) in [7, 11) is 2.74. The van der Waals surface area contributed by atoms with E-state index in [1.807, 2.05) is 72.0 Å². The molecule has 8 N–H and O–H groups in total. The van der Waals surface area contributed by atoms with E-state index in [0.717, 1.165) is 27.9 Å². The average molecular weight is 1040 g/mol. The van der Waals surface area contributed by atoms with Crippen molar-refractivity contribution in [3.63, 3.8) is 0 Å². The van der Waals surface area contributed by atoms with Gasteiger partial charge in [-0.2, -0.15) is 5.23 Å². The first-order chi connectivity index (χ1) is 35.3. The number of aromatic hydroxyl groups is 1. The highest BCUT2D eigenvalue weighted by Gasteiger charge is 2.43. The van der Waals surface area contributed by atoms with Gasteiger partial charge in [0, 0.05) is 56.0 Å². The number of carbonyl (C=O) groups excluding carboxylic acids is 8. The van der Waals surface area contributed by atoms with E-state index in [1.165, 1.54) is 32.0 Å². The van der Waals surface area contributed by atoms with E-state index in [9.17, 15) is 49.1 Å². The fourth-order valence-corrected chi connectivity index (χ4v) is 9.50. The molecular formula is C54H77N9O12. The second kappa shape index (κ2) is 25.7. The maximum atomic E-state index is 15.3. The van der Waals surface area contributed by atoms with Crippen molar-refractivity contribution < 1.29 is 58.6 Å². The van der Waals surface area contributed by atoms with Crippen LogP contribution in [0.25, 0.3) is 10.9 Å². The van der Waals surface area contributed by atoms with Crippen molar-refractivity contribution in [2.75, 3.05) is 20.7 Å². The number of fused-ring (bicyclic) bond motifs is 1. The van der Waals surface area contributed by atoms with Gasteiger partial charge in [0.1, 0.15) is 54.7 Å². The van der Waals surface area contributed by atoms with E-state index in [4.69, 9.17) is 4.74 Å². The van der Waals surface area contributed by atoms with Gasteiger partial charge in [-0.15, -0.1) is 0 Å². The fraction of sp³-hybridized carbons (Fsp3) is 0.556. The lowest BCUT2D eigenvalue weighted by molar-refractivity contribution is -0.991. The molecule has 10 atom stereocenters. The molecule has 10 unspecified atom stereocenters. The topological polar surface area (TPSA) is 289 Å². The van der Waals surface area contributed by atoms with Crippen LogP contribution in [-0.4, -0.2) is 141 Å². The van der Waals surface area contributed by atoms with Crippen LogP contribution in [0.15, 0.2) is 60.8 Å². The summed E-state index contributed by atoms with van der Waals surface area (Å²) in [5.41, 5.74) is 0.780. The summed E-state index contributed by atoms with van der Waals surface area (Å²) >= 11 is 0. The maximum absolute atomic E-state index is 15.3. The van der Waals surface area contributed by atoms with Crippen molar-refractivity contribution in [3.05, 3.63) is 77.1 Å². The van der Waals surface area contributed by atoms with Crippen molar-refractivity contribution in [1.82, 2.24) is 41.0 Å². The lowest BCUT2D eigenvalue weighted by atomic mass is 9.98. The molecule has 3 aromatic rings. The number of allylic oxidation sites excluding steroid dienone is 1. The van der Waals surface area contributed by atoms with Crippen molar-refractivity contribution in [2.24, 2.45) is 17.8 Å². The van der Waals surface area contributed by atoms with Crippen LogP contribution in [-0.2, 0) is 61.5 Å². The number of benzene rings is 2. The van der Waals surface area contributed by atoms with Gasteiger partial charge in [0.25, 0.3) is 0 Å². The molecule has 0 radical (unpaired) electrons. The average Bonchev–Trinajstić information content (AvgIpc) is 4.16. The third-order valence-corrected chi connectivity index (χ3v) is 14.0. The number of carbonyl (C=O) groups is 8. The molecule has 1 aromatic heterocycles. The number of ether oxygens (including phenoxy) is 1. The summed E-state index contributed by atoms with van der Waals surface area (Å²) in [4.78, 5) is 117. The monoisotopic (exact) mass is 1040 g/mol. The number of phenols is 1. The Kier molecular flexibility index (Phi) is 20.3. The molecule has 7 amide bonds. The molecule has 21 heteroatoms. The van der Waals surface area contributed by atoms with E-state index < -0.39 is 112 Å². The lowest BCUT2D eigenvalue weighted by Crippen LogP contribution is -2.99. The summed E-state index contributed by atoms with van der Waals surface area (Å²) in [5.74, 6) is -7.05. The van der Waals surface area contributed by atoms with E-state index in [2.05, 4.69) is 31.2 Å². The number of hydrogen-bond acceptors (Lipinski definition) is 12. The molecule has 5 rings (SSSR count). The molecule has 2 fully saturated rings. The largest absolute Gasteiger partial charge is 0.595 e. The SMILES string of the molecule is CC=CCC1NC(=O)C(CC(C)C)NC(=O)C(CC(C)C=O)N(C)C(=O)C(C)NC(=O)C(Cc2ccc(O)c([NH+]([O-])O)c2)NC(=O)C(CC(C)C)N(C)C(=O)C(Cc2cn(C(C)(C)C3CO3)c3ccccc23)NC1=O. The molecule has 2 aromatic carbocycles. The van der Waals surface area contributed by atoms with Crippen molar-refractivity contribution >= 4 is 64.2 Å². The summed E-state index contributed by atoms with van der Waals surface area (Å²) in [6, 6.07) is 1.90. The predicted molar refractivity (Wildman–Crippen MR) is 279 cm³/mol. The minimum Gasteiger partial charge on any atom is -0.595 e. The van der Waals surface area contributed by atoms with Gasteiger partial charge in [0.2, 0.25) is 47.0 Å². The van der Waals surface area contributed by atoms with Crippen LogP contribution < -0.4 is 31.8 Å². The highest BCUT2D eigenvalue weighted by molar-refractivity contribution is 5.99. The van der Waals surface area contributed by atoms with Gasteiger partial charge in [0.05, 0.1) is 12.1 Å². The normalized spacial score (nSPS) is 25.1. The minimum atomic E-state index is -1.52. The molecule has 2 aliphatic rings. The highest BCUT2D eigenvalue weighted by atomic mass is 16.8. The number of quaternary nitrogens is 1. The number of para-hydroxylation sites is 1. The van der Waals surface area contributed by atoms with Gasteiger partial charge in [-0.25, -0.2) is 5.21 Å². The maximum Gasteiger partial charge on any atom is 0.245 e. The molecule has 0 bridgehead atoms. The predicted octanol–water partition coefficient (Wildman–Crippen LogP) is 2.06. The zero-order valence-corrected chi connectivity index (χ0v) is 45.0. The minimum absolute atomic E-state index is 0.0214.